The lowest BCUT2D eigenvalue weighted by Crippen LogP contribution is -2.19. The van der Waals surface area contributed by atoms with E-state index in [9.17, 15) is 4.79 Å². The van der Waals surface area contributed by atoms with Crippen LogP contribution in [0.25, 0.3) is 0 Å². The monoisotopic (exact) mass is 202 g/mol. The topological polar surface area (TPSA) is 52.9 Å². The summed E-state index contributed by atoms with van der Waals surface area (Å²) in [7, 11) is 0. The summed E-state index contributed by atoms with van der Waals surface area (Å²) in [5.74, 6) is -0.378. The Kier molecular flexibility index (Phi) is 3.87. The fraction of sp³-hybridized carbons (Fsp3) is 0.333. The molecule has 0 aromatic heterocycles. The number of hydrogen-bond donors (Lipinski definition) is 1. The minimum Gasteiger partial charge on any atom is -0.326 e. The van der Waals surface area contributed by atoms with Crippen molar-refractivity contribution >= 4 is 11.6 Å². The van der Waals surface area contributed by atoms with Gasteiger partial charge in [0.25, 0.3) is 0 Å². The largest absolute Gasteiger partial charge is 0.326 e. The van der Waals surface area contributed by atoms with Gasteiger partial charge in [-0.1, -0.05) is 24.6 Å². The first kappa shape index (κ1) is 11.3. The van der Waals surface area contributed by atoms with E-state index in [0.29, 0.717) is 0 Å². The van der Waals surface area contributed by atoms with E-state index in [-0.39, 0.29) is 18.2 Å². The molecule has 0 saturated heterocycles. The molecule has 0 aliphatic carbocycles. The summed E-state index contributed by atoms with van der Waals surface area (Å²) in [6.07, 6.45) is 0.248. The van der Waals surface area contributed by atoms with Gasteiger partial charge in [-0.15, -0.1) is 0 Å². The van der Waals surface area contributed by atoms with E-state index < -0.39 is 0 Å². The number of rotatable bonds is 3. The number of carbonyl (C=O) groups is 1. The lowest BCUT2D eigenvalue weighted by Gasteiger charge is -2.08. The fourth-order valence-electron chi connectivity index (χ4n) is 1.13. The molecular weight excluding hydrogens is 188 g/mol. The second-order valence-corrected chi connectivity index (χ2v) is 3.62. The van der Waals surface area contributed by atoms with Crippen molar-refractivity contribution in [3.05, 3.63) is 29.8 Å². The maximum atomic E-state index is 11.5. The van der Waals surface area contributed by atoms with Gasteiger partial charge in [0.05, 0.1) is 6.07 Å². The number of anilines is 1. The molecule has 78 valence electrons. The lowest BCUT2D eigenvalue weighted by molar-refractivity contribution is -0.119. The van der Waals surface area contributed by atoms with Crippen LogP contribution in [0.3, 0.4) is 0 Å². The first-order valence-electron chi connectivity index (χ1n) is 4.88. The van der Waals surface area contributed by atoms with Crippen molar-refractivity contribution in [2.24, 2.45) is 5.92 Å². The van der Waals surface area contributed by atoms with Crippen molar-refractivity contribution in [2.45, 2.75) is 20.3 Å². The van der Waals surface area contributed by atoms with E-state index in [4.69, 9.17) is 5.26 Å². The van der Waals surface area contributed by atoms with Crippen LogP contribution in [0.5, 0.6) is 0 Å². The van der Waals surface area contributed by atoms with Crippen molar-refractivity contribution in [2.75, 3.05) is 5.32 Å². The minimum atomic E-state index is -0.267. The predicted molar refractivity (Wildman–Crippen MR) is 59.2 cm³/mol. The number of nitrogens with zero attached hydrogens (tertiary/aromatic N) is 1. The molecule has 1 atom stereocenters. The van der Waals surface area contributed by atoms with Gasteiger partial charge in [-0.05, 0) is 19.1 Å². The molecule has 0 bridgehead atoms. The van der Waals surface area contributed by atoms with E-state index in [2.05, 4.69) is 5.32 Å². The molecule has 0 fully saturated rings. The lowest BCUT2D eigenvalue weighted by atomic mass is 10.1. The second-order valence-electron chi connectivity index (χ2n) is 3.62. The van der Waals surface area contributed by atoms with Gasteiger partial charge in [0.1, 0.15) is 0 Å². The van der Waals surface area contributed by atoms with Crippen LogP contribution in [0, 0.1) is 24.2 Å². The highest BCUT2D eigenvalue weighted by Crippen LogP contribution is 2.11. The summed E-state index contributed by atoms with van der Waals surface area (Å²) in [6, 6.07) is 9.56. The maximum absolute atomic E-state index is 11.5. The molecular formula is C12H14N2O. The predicted octanol–water partition coefficient (Wildman–Crippen LogP) is 2.48. The average molecular weight is 202 g/mol. The standard InChI is InChI=1S/C12H14N2O/c1-9-3-5-11(6-4-9)14-12(15)10(2)7-8-13/h3-6,10H,7H2,1-2H3,(H,14,15)/t10-/m0/s1. The highest BCUT2D eigenvalue weighted by molar-refractivity contribution is 5.92. The SMILES string of the molecule is Cc1ccc(NC(=O)[C@@H](C)CC#N)cc1. The highest BCUT2D eigenvalue weighted by atomic mass is 16.1. The number of carbonyl (C=O) groups excluding carboxylic acids is 1. The Labute approximate surface area is 89.7 Å². The van der Waals surface area contributed by atoms with Crippen LogP contribution < -0.4 is 5.32 Å². The minimum absolute atomic E-state index is 0.111. The van der Waals surface area contributed by atoms with Crippen LogP contribution in [0.15, 0.2) is 24.3 Å². The van der Waals surface area contributed by atoms with Crippen LogP contribution in [0.1, 0.15) is 18.9 Å². The molecule has 0 aliphatic rings. The maximum Gasteiger partial charge on any atom is 0.228 e. The van der Waals surface area contributed by atoms with Crippen LogP contribution in [-0.2, 0) is 4.79 Å². The van der Waals surface area contributed by atoms with Crippen molar-refractivity contribution in [1.29, 1.82) is 5.26 Å². The third kappa shape index (κ3) is 3.43. The Balaban J connectivity index is 2.59. The normalized spacial score (nSPS) is 11.5. The third-order valence-electron chi connectivity index (χ3n) is 2.16. The Morgan fingerprint density at radius 1 is 1.47 bits per heavy atom. The molecule has 0 saturated carbocycles. The van der Waals surface area contributed by atoms with Crippen LogP contribution in [-0.4, -0.2) is 5.91 Å². The molecule has 1 rings (SSSR count). The summed E-state index contributed by atoms with van der Waals surface area (Å²) >= 11 is 0. The Bertz CT molecular complexity index is 376. The molecule has 1 N–H and O–H groups in total. The fourth-order valence-corrected chi connectivity index (χ4v) is 1.13. The van der Waals surface area contributed by atoms with E-state index in [1.165, 1.54) is 0 Å². The van der Waals surface area contributed by atoms with Crippen LogP contribution in [0.2, 0.25) is 0 Å². The molecule has 3 nitrogen and oxygen atoms in total. The van der Waals surface area contributed by atoms with Gasteiger partial charge in [-0.2, -0.15) is 5.26 Å². The van der Waals surface area contributed by atoms with Crippen molar-refractivity contribution in [3.63, 3.8) is 0 Å². The third-order valence-corrected chi connectivity index (χ3v) is 2.16. The first-order valence-corrected chi connectivity index (χ1v) is 4.88. The summed E-state index contributed by atoms with van der Waals surface area (Å²) in [5.41, 5.74) is 1.92. The van der Waals surface area contributed by atoms with E-state index in [1.807, 2.05) is 37.3 Å². The molecule has 0 unspecified atom stereocenters. The second kappa shape index (κ2) is 5.16. The van der Waals surface area contributed by atoms with Gasteiger partial charge in [0.15, 0.2) is 0 Å². The summed E-state index contributed by atoms with van der Waals surface area (Å²) in [6.45, 7) is 3.73. The highest BCUT2D eigenvalue weighted by Gasteiger charge is 2.11. The van der Waals surface area contributed by atoms with Gasteiger partial charge in [0, 0.05) is 18.0 Å². The zero-order chi connectivity index (χ0) is 11.3. The number of aryl methyl sites for hydroxylation is 1. The van der Waals surface area contributed by atoms with Gasteiger partial charge >= 0.3 is 0 Å². The quantitative estimate of drug-likeness (QED) is 0.818. The smallest absolute Gasteiger partial charge is 0.228 e. The zero-order valence-electron chi connectivity index (χ0n) is 8.95. The van der Waals surface area contributed by atoms with Gasteiger partial charge in [-0.25, -0.2) is 0 Å². The molecule has 1 aromatic rings. The molecule has 3 heteroatoms. The molecule has 1 aromatic carbocycles. The number of nitriles is 1. The van der Waals surface area contributed by atoms with Crippen molar-refractivity contribution < 1.29 is 4.79 Å². The summed E-state index contributed by atoms with van der Waals surface area (Å²) in [4.78, 5) is 11.5. The van der Waals surface area contributed by atoms with E-state index in [0.717, 1.165) is 11.3 Å². The number of hydrogen-bond acceptors (Lipinski definition) is 2. The number of benzene rings is 1. The Hall–Kier alpha value is -1.82. The molecule has 0 radical (unpaired) electrons. The van der Waals surface area contributed by atoms with Crippen molar-refractivity contribution in [1.82, 2.24) is 0 Å². The van der Waals surface area contributed by atoms with E-state index in [1.54, 1.807) is 6.92 Å². The van der Waals surface area contributed by atoms with Gasteiger partial charge < -0.3 is 5.32 Å². The Morgan fingerprint density at radius 3 is 2.60 bits per heavy atom. The van der Waals surface area contributed by atoms with E-state index >= 15 is 0 Å². The van der Waals surface area contributed by atoms with Gasteiger partial charge in [0.2, 0.25) is 5.91 Å². The molecule has 0 spiro atoms. The van der Waals surface area contributed by atoms with Gasteiger partial charge in [-0.3, -0.25) is 4.79 Å². The van der Waals surface area contributed by atoms with Crippen LogP contribution in [0.4, 0.5) is 5.69 Å². The molecule has 0 heterocycles. The number of amides is 1. The molecule has 1 amide bonds. The van der Waals surface area contributed by atoms with Crippen LogP contribution >= 0.6 is 0 Å². The van der Waals surface area contributed by atoms with Crippen molar-refractivity contribution in [3.8, 4) is 6.07 Å². The summed E-state index contributed by atoms with van der Waals surface area (Å²) < 4.78 is 0. The zero-order valence-corrected chi connectivity index (χ0v) is 8.95. The number of nitrogens with one attached hydrogen (secondary N) is 1. The first-order chi connectivity index (χ1) is 7.13. The average Bonchev–Trinajstić information content (AvgIpc) is 2.22. The summed E-state index contributed by atoms with van der Waals surface area (Å²) in [5, 5.41) is 11.2. The molecule has 15 heavy (non-hydrogen) atoms. The Morgan fingerprint density at radius 2 is 2.07 bits per heavy atom. The molecule has 0 aliphatic heterocycles.